The van der Waals surface area contributed by atoms with E-state index >= 15 is 0 Å². The van der Waals surface area contributed by atoms with E-state index in [9.17, 15) is 5.11 Å². The Morgan fingerprint density at radius 2 is 2.14 bits per heavy atom. The average molecular weight is 297 g/mol. The largest absolute Gasteiger partial charge is 0.396 e. The van der Waals surface area contributed by atoms with Crippen LogP contribution in [0.25, 0.3) is 0 Å². The number of hydrogen-bond donors (Lipinski definition) is 2. The van der Waals surface area contributed by atoms with E-state index in [1.54, 1.807) is 0 Å². The van der Waals surface area contributed by atoms with Crippen molar-refractivity contribution in [1.82, 2.24) is 10.2 Å². The summed E-state index contributed by atoms with van der Waals surface area (Å²) in [4.78, 5) is 6.79. The fourth-order valence-electron chi connectivity index (χ4n) is 3.47. The lowest BCUT2D eigenvalue weighted by Crippen LogP contribution is -2.46. The molecule has 0 saturated carbocycles. The van der Waals surface area contributed by atoms with Crippen molar-refractivity contribution in [1.29, 1.82) is 0 Å². The van der Waals surface area contributed by atoms with Gasteiger partial charge in [-0.1, -0.05) is 13.8 Å². The number of aliphatic imine (C=N–C) groups is 1. The Morgan fingerprint density at radius 1 is 1.38 bits per heavy atom. The number of likely N-dealkylation sites (tertiary alicyclic amines) is 1. The molecule has 2 heterocycles. The van der Waals surface area contributed by atoms with Gasteiger partial charge in [0.1, 0.15) is 0 Å². The standard InChI is InChI=1S/C16H31N3O2/c1-4-15(5-2,12-20)10-18-14(17-3)19-8-6-16(11-19)7-9-21-13-16/h20H,4-13H2,1-3H3,(H,17,18). The molecule has 2 N–H and O–H groups in total. The fraction of sp³-hybridized carbons (Fsp3) is 0.938. The molecule has 2 aliphatic heterocycles. The van der Waals surface area contributed by atoms with Gasteiger partial charge < -0.3 is 20.1 Å². The lowest BCUT2D eigenvalue weighted by molar-refractivity contribution is 0.117. The molecule has 1 spiro atoms. The summed E-state index contributed by atoms with van der Waals surface area (Å²) in [7, 11) is 1.84. The van der Waals surface area contributed by atoms with Crippen LogP contribution in [-0.2, 0) is 4.74 Å². The molecular formula is C16H31N3O2. The van der Waals surface area contributed by atoms with E-state index in [-0.39, 0.29) is 12.0 Å². The minimum absolute atomic E-state index is 0.0379. The molecule has 1 atom stereocenters. The third-order valence-corrected chi connectivity index (χ3v) is 5.59. The zero-order valence-electron chi connectivity index (χ0n) is 13.8. The predicted octanol–water partition coefficient (Wildman–Crippen LogP) is 1.47. The highest BCUT2D eigenvalue weighted by atomic mass is 16.5. The first kappa shape index (κ1) is 16.6. The van der Waals surface area contributed by atoms with Crippen molar-refractivity contribution in [2.24, 2.45) is 15.8 Å². The van der Waals surface area contributed by atoms with Crippen molar-refractivity contribution in [2.45, 2.75) is 39.5 Å². The van der Waals surface area contributed by atoms with Crippen molar-refractivity contribution in [3.63, 3.8) is 0 Å². The summed E-state index contributed by atoms with van der Waals surface area (Å²) in [5.41, 5.74) is 0.311. The average Bonchev–Trinajstić information content (AvgIpc) is 3.15. The number of ether oxygens (including phenoxy) is 1. The monoisotopic (exact) mass is 297 g/mol. The highest BCUT2D eigenvalue weighted by Crippen LogP contribution is 2.38. The first-order valence-corrected chi connectivity index (χ1v) is 8.27. The van der Waals surface area contributed by atoms with Crippen molar-refractivity contribution in [3.05, 3.63) is 0 Å². The molecule has 21 heavy (non-hydrogen) atoms. The normalized spacial score (nSPS) is 26.9. The van der Waals surface area contributed by atoms with Crippen molar-refractivity contribution >= 4 is 5.96 Å². The van der Waals surface area contributed by atoms with Gasteiger partial charge in [-0.15, -0.1) is 0 Å². The number of rotatable bonds is 5. The van der Waals surface area contributed by atoms with Gasteiger partial charge in [0.25, 0.3) is 0 Å². The molecule has 0 amide bonds. The lowest BCUT2D eigenvalue weighted by Gasteiger charge is -2.32. The highest BCUT2D eigenvalue weighted by Gasteiger charge is 2.42. The Hall–Kier alpha value is -0.810. The molecule has 122 valence electrons. The molecule has 2 aliphatic rings. The van der Waals surface area contributed by atoms with Crippen LogP contribution in [0.2, 0.25) is 0 Å². The Kier molecular flexibility index (Phi) is 5.49. The molecule has 5 heteroatoms. The molecule has 0 radical (unpaired) electrons. The number of guanidine groups is 1. The molecule has 2 saturated heterocycles. The number of nitrogens with zero attached hydrogens (tertiary/aromatic N) is 2. The van der Waals surface area contributed by atoms with Crippen molar-refractivity contribution in [2.75, 3.05) is 46.5 Å². The molecule has 2 fully saturated rings. The van der Waals surface area contributed by atoms with Gasteiger partial charge in [0.15, 0.2) is 5.96 Å². The maximum absolute atomic E-state index is 9.68. The summed E-state index contributed by atoms with van der Waals surface area (Å²) >= 11 is 0. The third-order valence-electron chi connectivity index (χ3n) is 5.59. The zero-order chi connectivity index (χ0) is 15.3. The molecule has 0 aliphatic carbocycles. The summed E-state index contributed by atoms with van der Waals surface area (Å²) in [6, 6.07) is 0. The quantitative estimate of drug-likeness (QED) is 0.596. The molecule has 5 nitrogen and oxygen atoms in total. The lowest BCUT2D eigenvalue weighted by atomic mass is 9.83. The van der Waals surface area contributed by atoms with E-state index in [1.807, 2.05) is 7.05 Å². The van der Waals surface area contributed by atoms with E-state index in [0.717, 1.165) is 51.6 Å². The second-order valence-corrected chi connectivity index (χ2v) is 6.74. The molecule has 1 unspecified atom stereocenters. The Balaban J connectivity index is 1.92. The van der Waals surface area contributed by atoms with Crippen LogP contribution in [-0.4, -0.2) is 62.5 Å². The Morgan fingerprint density at radius 3 is 2.67 bits per heavy atom. The third kappa shape index (κ3) is 3.51. The van der Waals surface area contributed by atoms with Crippen molar-refractivity contribution < 1.29 is 9.84 Å². The highest BCUT2D eigenvalue weighted by molar-refractivity contribution is 5.80. The maximum atomic E-state index is 9.68. The van der Waals surface area contributed by atoms with Crippen LogP contribution in [0.3, 0.4) is 0 Å². The number of aliphatic hydroxyl groups excluding tert-OH is 1. The van der Waals surface area contributed by atoms with Crippen LogP contribution in [0, 0.1) is 10.8 Å². The van der Waals surface area contributed by atoms with Gasteiger partial charge in [-0.3, -0.25) is 4.99 Å². The summed E-state index contributed by atoms with van der Waals surface area (Å²) in [6.45, 7) is 9.18. The van der Waals surface area contributed by atoms with E-state index in [0.29, 0.717) is 5.41 Å². The molecule has 0 bridgehead atoms. The Labute approximate surface area is 128 Å². The van der Waals surface area contributed by atoms with Gasteiger partial charge in [-0.2, -0.15) is 0 Å². The van der Waals surface area contributed by atoms with Gasteiger partial charge in [0.2, 0.25) is 0 Å². The van der Waals surface area contributed by atoms with Gasteiger partial charge in [0, 0.05) is 44.1 Å². The number of aliphatic hydroxyl groups is 1. The summed E-state index contributed by atoms with van der Waals surface area (Å²) in [5, 5.41) is 13.2. The minimum Gasteiger partial charge on any atom is -0.396 e. The molecule has 0 aromatic rings. The maximum Gasteiger partial charge on any atom is 0.193 e. The second-order valence-electron chi connectivity index (χ2n) is 6.74. The van der Waals surface area contributed by atoms with Gasteiger partial charge in [-0.05, 0) is 25.7 Å². The van der Waals surface area contributed by atoms with Gasteiger partial charge >= 0.3 is 0 Å². The molecule has 0 aromatic carbocycles. The van der Waals surface area contributed by atoms with Gasteiger partial charge in [0.05, 0.1) is 13.2 Å². The van der Waals surface area contributed by atoms with Crippen LogP contribution in [0.1, 0.15) is 39.5 Å². The smallest absolute Gasteiger partial charge is 0.193 e. The predicted molar refractivity (Wildman–Crippen MR) is 85.5 cm³/mol. The summed E-state index contributed by atoms with van der Waals surface area (Å²) < 4.78 is 5.59. The molecular weight excluding hydrogens is 266 g/mol. The van der Waals surface area contributed by atoms with Gasteiger partial charge in [-0.25, -0.2) is 0 Å². The summed E-state index contributed by atoms with van der Waals surface area (Å²) in [6.07, 6.45) is 4.31. The summed E-state index contributed by atoms with van der Waals surface area (Å²) in [5.74, 6) is 0.971. The number of hydrogen-bond acceptors (Lipinski definition) is 3. The van der Waals surface area contributed by atoms with E-state index in [2.05, 4.69) is 29.1 Å². The molecule has 0 aromatic heterocycles. The SMILES string of the molecule is CCC(CC)(CO)CNC(=NC)N1CCC2(CCOC2)C1. The first-order chi connectivity index (χ1) is 10.1. The Bertz CT molecular complexity index is 352. The van der Waals surface area contributed by atoms with Crippen LogP contribution in [0.15, 0.2) is 4.99 Å². The zero-order valence-corrected chi connectivity index (χ0v) is 13.8. The van der Waals surface area contributed by atoms with E-state index < -0.39 is 0 Å². The molecule has 2 rings (SSSR count). The van der Waals surface area contributed by atoms with E-state index in [1.165, 1.54) is 12.8 Å². The first-order valence-electron chi connectivity index (χ1n) is 8.27. The topological polar surface area (TPSA) is 57.1 Å². The van der Waals surface area contributed by atoms with Crippen LogP contribution in [0.4, 0.5) is 0 Å². The van der Waals surface area contributed by atoms with Crippen molar-refractivity contribution in [3.8, 4) is 0 Å². The van der Waals surface area contributed by atoms with Crippen LogP contribution in [0.5, 0.6) is 0 Å². The fourth-order valence-corrected chi connectivity index (χ4v) is 3.47. The minimum atomic E-state index is -0.0379. The van der Waals surface area contributed by atoms with Crippen LogP contribution < -0.4 is 5.32 Å². The number of nitrogens with one attached hydrogen (secondary N) is 1. The second kappa shape index (κ2) is 6.97. The van der Waals surface area contributed by atoms with E-state index in [4.69, 9.17) is 4.74 Å². The van der Waals surface area contributed by atoms with Crippen LogP contribution >= 0.6 is 0 Å².